The Hall–Kier alpha value is -0.520. The Morgan fingerprint density at radius 2 is 2.27 bits per heavy atom. The molecule has 2 aromatic heterocycles. The van der Waals surface area contributed by atoms with Crippen LogP contribution in [0.2, 0.25) is 0 Å². The molecule has 1 fully saturated rings. The molecule has 0 aromatic carbocycles. The maximum Gasteiger partial charge on any atom is 0.158 e. The monoisotopic (exact) mass is 237 g/mol. The van der Waals surface area contributed by atoms with Gasteiger partial charge in [0.05, 0.1) is 11.7 Å². The van der Waals surface area contributed by atoms with Gasteiger partial charge in [0.2, 0.25) is 0 Å². The summed E-state index contributed by atoms with van der Waals surface area (Å²) in [6.07, 6.45) is 3.87. The molecule has 0 amide bonds. The molecule has 78 valence electrons. The molecule has 5 heteroatoms. The molecule has 2 unspecified atom stereocenters. The Morgan fingerprint density at radius 3 is 3.20 bits per heavy atom. The molecule has 1 saturated heterocycles. The molecule has 0 N–H and O–H groups in total. The highest BCUT2D eigenvalue weighted by Gasteiger charge is 2.40. The van der Waals surface area contributed by atoms with Gasteiger partial charge < -0.3 is 0 Å². The number of nitrogens with zero attached hydrogens (tertiary/aromatic N) is 3. The lowest BCUT2D eigenvalue weighted by atomic mass is 10.0. The molecule has 3 nitrogen and oxygen atoms in total. The maximum atomic E-state index is 4.46. The molecule has 2 aliphatic rings. The van der Waals surface area contributed by atoms with Crippen molar-refractivity contribution in [1.82, 2.24) is 13.6 Å². The summed E-state index contributed by atoms with van der Waals surface area (Å²) < 4.78 is 8.82. The Kier molecular flexibility index (Phi) is 1.60. The van der Waals surface area contributed by atoms with Crippen molar-refractivity contribution < 1.29 is 0 Å². The number of aromatic nitrogens is 2. The van der Waals surface area contributed by atoms with Gasteiger partial charge in [-0.25, -0.2) is 0 Å². The Morgan fingerprint density at radius 1 is 1.33 bits per heavy atom. The number of hydrogen-bond acceptors (Lipinski definition) is 5. The van der Waals surface area contributed by atoms with Crippen LogP contribution in [0.4, 0.5) is 0 Å². The van der Waals surface area contributed by atoms with Crippen LogP contribution in [0.25, 0.3) is 10.3 Å². The quantitative estimate of drug-likeness (QED) is 0.704. The van der Waals surface area contributed by atoms with Crippen molar-refractivity contribution in [3.63, 3.8) is 0 Å². The van der Waals surface area contributed by atoms with Crippen LogP contribution in [0.5, 0.6) is 0 Å². The lowest BCUT2D eigenvalue weighted by Gasteiger charge is -2.30. The van der Waals surface area contributed by atoms with Crippen molar-refractivity contribution in [1.29, 1.82) is 0 Å². The van der Waals surface area contributed by atoms with Crippen LogP contribution in [0.1, 0.15) is 29.3 Å². The van der Waals surface area contributed by atoms with Crippen LogP contribution < -0.4 is 0 Å². The molecule has 2 aliphatic heterocycles. The minimum atomic E-state index is 0.622. The van der Waals surface area contributed by atoms with E-state index in [1.165, 1.54) is 42.1 Å². The second-order valence-electron chi connectivity index (χ2n) is 4.47. The molecule has 0 spiro atoms. The summed E-state index contributed by atoms with van der Waals surface area (Å²) in [4.78, 5) is 5.25. The summed E-state index contributed by atoms with van der Waals surface area (Å²) in [5.41, 5.74) is 2.69. The second kappa shape index (κ2) is 2.78. The SMILES string of the molecule is CN1C2CCC1c1c(sc3nsnc13)C2. The molecular weight excluding hydrogens is 226 g/mol. The minimum Gasteiger partial charge on any atom is -0.296 e. The molecule has 0 saturated carbocycles. The van der Waals surface area contributed by atoms with E-state index in [0.29, 0.717) is 6.04 Å². The van der Waals surface area contributed by atoms with Crippen molar-refractivity contribution in [3.8, 4) is 0 Å². The predicted molar refractivity (Wildman–Crippen MR) is 62.5 cm³/mol. The summed E-state index contributed by atoms with van der Waals surface area (Å²) in [5, 5.41) is 0. The molecular formula is C10H11N3S2. The van der Waals surface area contributed by atoms with E-state index < -0.39 is 0 Å². The normalized spacial score (nSPS) is 29.9. The van der Waals surface area contributed by atoms with Gasteiger partial charge in [-0.1, -0.05) is 0 Å². The molecule has 4 rings (SSSR count). The van der Waals surface area contributed by atoms with Gasteiger partial charge >= 0.3 is 0 Å². The van der Waals surface area contributed by atoms with E-state index in [0.717, 1.165) is 10.9 Å². The zero-order chi connectivity index (χ0) is 9.99. The third-order valence-electron chi connectivity index (χ3n) is 3.83. The molecule has 0 aliphatic carbocycles. The fraction of sp³-hybridized carbons (Fsp3) is 0.600. The zero-order valence-corrected chi connectivity index (χ0v) is 10.1. The van der Waals surface area contributed by atoms with Gasteiger partial charge in [0, 0.05) is 22.5 Å². The van der Waals surface area contributed by atoms with Crippen molar-refractivity contribution in [2.75, 3.05) is 7.05 Å². The van der Waals surface area contributed by atoms with E-state index in [9.17, 15) is 0 Å². The number of thiophene rings is 1. The standard InChI is InChI=1S/C10H11N3S2/c1-13-5-2-3-6(13)8-7(4-5)14-10-9(8)11-15-12-10/h5-6H,2-4H2,1H3. The maximum absolute atomic E-state index is 4.46. The van der Waals surface area contributed by atoms with Crippen molar-refractivity contribution in [2.24, 2.45) is 0 Å². The van der Waals surface area contributed by atoms with Crippen LogP contribution in [-0.4, -0.2) is 26.7 Å². The highest BCUT2D eigenvalue weighted by atomic mass is 32.1. The molecule has 2 bridgehead atoms. The molecule has 4 heterocycles. The third kappa shape index (κ3) is 0.984. The van der Waals surface area contributed by atoms with E-state index in [2.05, 4.69) is 20.7 Å². The van der Waals surface area contributed by atoms with Gasteiger partial charge in [-0.2, -0.15) is 8.75 Å². The van der Waals surface area contributed by atoms with Crippen LogP contribution in [0, 0.1) is 0 Å². The van der Waals surface area contributed by atoms with E-state index in [-0.39, 0.29) is 0 Å². The molecule has 15 heavy (non-hydrogen) atoms. The summed E-state index contributed by atoms with van der Waals surface area (Å²) in [6, 6.07) is 1.39. The second-order valence-corrected chi connectivity index (χ2v) is 6.09. The van der Waals surface area contributed by atoms with Crippen molar-refractivity contribution in [2.45, 2.75) is 31.3 Å². The lowest BCUT2D eigenvalue weighted by molar-refractivity contribution is 0.228. The predicted octanol–water partition coefficient (Wildman–Crippen LogP) is 2.44. The highest BCUT2D eigenvalue weighted by Crippen LogP contribution is 2.48. The topological polar surface area (TPSA) is 29.0 Å². The van der Waals surface area contributed by atoms with Crippen LogP contribution in [0.3, 0.4) is 0 Å². The first-order chi connectivity index (χ1) is 7.34. The summed E-state index contributed by atoms with van der Waals surface area (Å²) in [5.74, 6) is 0. The van der Waals surface area contributed by atoms with Gasteiger partial charge in [0.1, 0.15) is 5.52 Å². The number of rotatable bonds is 0. The first-order valence-corrected chi connectivity index (χ1v) is 6.85. The van der Waals surface area contributed by atoms with E-state index in [4.69, 9.17) is 0 Å². The Labute approximate surface area is 96.1 Å². The highest BCUT2D eigenvalue weighted by molar-refractivity contribution is 7.20. The number of hydrogen-bond donors (Lipinski definition) is 0. The third-order valence-corrected chi connectivity index (χ3v) is 5.58. The fourth-order valence-electron chi connectivity index (χ4n) is 3.03. The zero-order valence-electron chi connectivity index (χ0n) is 8.43. The molecule has 2 aromatic rings. The first-order valence-electron chi connectivity index (χ1n) is 5.30. The Balaban J connectivity index is 2.02. The van der Waals surface area contributed by atoms with E-state index in [1.54, 1.807) is 4.88 Å². The van der Waals surface area contributed by atoms with Gasteiger partial charge in [0.25, 0.3) is 0 Å². The smallest absolute Gasteiger partial charge is 0.158 e. The van der Waals surface area contributed by atoms with Gasteiger partial charge in [-0.15, -0.1) is 11.3 Å². The van der Waals surface area contributed by atoms with Gasteiger partial charge in [-0.05, 0) is 26.3 Å². The van der Waals surface area contributed by atoms with Crippen molar-refractivity contribution >= 4 is 33.4 Å². The lowest BCUT2D eigenvalue weighted by Crippen LogP contribution is -2.33. The average molecular weight is 237 g/mol. The van der Waals surface area contributed by atoms with Gasteiger partial charge in [0.15, 0.2) is 4.83 Å². The Bertz CT molecular complexity index is 530. The summed E-state index contributed by atoms with van der Waals surface area (Å²) in [7, 11) is 2.26. The van der Waals surface area contributed by atoms with Gasteiger partial charge in [-0.3, -0.25) is 4.90 Å². The van der Waals surface area contributed by atoms with E-state index in [1.807, 2.05) is 11.3 Å². The van der Waals surface area contributed by atoms with Crippen LogP contribution in [0.15, 0.2) is 0 Å². The molecule has 0 radical (unpaired) electrons. The summed E-state index contributed by atoms with van der Waals surface area (Å²) in [6.45, 7) is 0. The van der Waals surface area contributed by atoms with Crippen LogP contribution >= 0.6 is 23.1 Å². The van der Waals surface area contributed by atoms with Crippen LogP contribution in [-0.2, 0) is 6.42 Å². The minimum absolute atomic E-state index is 0.622. The largest absolute Gasteiger partial charge is 0.296 e. The number of likely N-dealkylation sites (N-methyl/N-ethyl adjacent to an activating group) is 1. The number of fused-ring (bicyclic) bond motifs is 6. The van der Waals surface area contributed by atoms with Crippen molar-refractivity contribution in [3.05, 3.63) is 10.4 Å². The fourth-order valence-corrected chi connectivity index (χ4v) is 4.91. The summed E-state index contributed by atoms with van der Waals surface area (Å²) >= 11 is 3.22. The average Bonchev–Trinajstić information content (AvgIpc) is 2.82. The molecule has 2 atom stereocenters. The first kappa shape index (κ1) is 8.61. The van der Waals surface area contributed by atoms with E-state index >= 15 is 0 Å².